The molecule has 1 amide bonds. The second-order valence-electron chi connectivity index (χ2n) is 7.42. The number of amides is 1. The van der Waals surface area contributed by atoms with Crippen LogP contribution in [0.15, 0.2) is 33.7 Å². The molecular formula is C21H25N3O2S. The van der Waals surface area contributed by atoms with E-state index >= 15 is 0 Å². The van der Waals surface area contributed by atoms with Crippen molar-refractivity contribution in [1.82, 2.24) is 5.32 Å². The van der Waals surface area contributed by atoms with E-state index in [-0.39, 0.29) is 11.9 Å². The number of furan rings is 1. The molecule has 0 radical (unpaired) electrons. The number of rotatable bonds is 4. The number of anilines is 1. The van der Waals surface area contributed by atoms with Crippen LogP contribution in [0.3, 0.4) is 0 Å². The second kappa shape index (κ2) is 7.08. The molecule has 5 nitrogen and oxygen atoms in total. The van der Waals surface area contributed by atoms with Crippen LogP contribution in [0.5, 0.6) is 0 Å². The minimum absolute atomic E-state index is 0.141. The summed E-state index contributed by atoms with van der Waals surface area (Å²) in [6.45, 7) is 4.53. The summed E-state index contributed by atoms with van der Waals surface area (Å²) < 4.78 is 5.98. The van der Waals surface area contributed by atoms with Gasteiger partial charge in [-0.2, -0.15) is 0 Å². The van der Waals surface area contributed by atoms with Gasteiger partial charge in [0.25, 0.3) is 5.91 Å². The lowest BCUT2D eigenvalue weighted by molar-refractivity contribution is 0.0920. The zero-order valence-corrected chi connectivity index (χ0v) is 17.0. The number of benzene rings is 1. The van der Waals surface area contributed by atoms with Crippen molar-refractivity contribution in [3.8, 4) is 0 Å². The number of hydrogen-bond donors (Lipinski definition) is 1. The highest BCUT2D eigenvalue weighted by atomic mass is 32.2. The van der Waals surface area contributed by atoms with Crippen molar-refractivity contribution in [1.29, 1.82) is 0 Å². The van der Waals surface area contributed by atoms with Crippen molar-refractivity contribution < 1.29 is 9.21 Å². The number of nitrogens with zero attached hydrogens (tertiary/aromatic N) is 2. The van der Waals surface area contributed by atoms with Crippen LogP contribution in [0.4, 0.5) is 5.69 Å². The van der Waals surface area contributed by atoms with Gasteiger partial charge in [0.2, 0.25) is 0 Å². The number of carbonyl (C=O) groups excluding carboxylic acids is 1. The summed E-state index contributed by atoms with van der Waals surface area (Å²) in [4.78, 5) is 19.6. The maximum atomic E-state index is 12.7. The van der Waals surface area contributed by atoms with Gasteiger partial charge in [0, 0.05) is 49.1 Å². The predicted octanol–water partition coefficient (Wildman–Crippen LogP) is 4.11. The van der Waals surface area contributed by atoms with Crippen LogP contribution in [0.2, 0.25) is 0 Å². The first kappa shape index (κ1) is 18.2. The molecule has 2 aliphatic rings. The van der Waals surface area contributed by atoms with Crippen molar-refractivity contribution in [2.75, 3.05) is 19.0 Å². The minimum Gasteiger partial charge on any atom is -0.455 e. The number of fused-ring (bicyclic) bond motifs is 3. The van der Waals surface area contributed by atoms with Gasteiger partial charge in [-0.15, -0.1) is 11.8 Å². The predicted molar refractivity (Wildman–Crippen MR) is 111 cm³/mol. The molecule has 2 aromatic rings. The fourth-order valence-electron chi connectivity index (χ4n) is 3.88. The van der Waals surface area contributed by atoms with Crippen LogP contribution in [-0.4, -0.2) is 30.3 Å². The largest absolute Gasteiger partial charge is 0.455 e. The Balaban J connectivity index is 1.49. The molecule has 2 heterocycles. The molecule has 1 aromatic heterocycles. The van der Waals surface area contributed by atoms with Gasteiger partial charge in [-0.25, -0.2) is 0 Å². The van der Waals surface area contributed by atoms with Gasteiger partial charge >= 0.3 is 0 Å². The van der Waals surface area contributed by atoms with Crippen molar-refractivity contribution in [3.05, 3.63) is 52.5 Å². The van der Waals surface area contributed by atoms with E-state index in [1.807, 2.05) is 44.9 Å². The molecule has 0 saturated heterocycles. The van der Waals surface area contributed by atoms with Crippen LogP contribution >= 0.6 is 11.8 Å². The normalized spacial score (nSPS) is 20.7. The molecule has 1 aliphatic heterocycles. The summed E-state index contributed by atoms with van der Waals surface area (Å²) in [6.07, 6.45) is 1.93. The van der Waals surface area contributed by atoms with Crippen LogP contribution in [0.25, 0.3) is 0 Å². The molecule has 1 N–H and O–H groups in total. The maximum absolute atomic E-state index is 12.7. The molecule has 1 aromatic carbocycles. The van der Waals surface area contributed by atoms with Crippen LogP contribution in [0.1, 0.15) is 52.4 Å². The molecule has 0 fully saturated rings. The molecule has 1 aliphatic carbocycles. The Labute approximate surface area is 164 Å². The molecule has 27 heavy (non-hydrogen) atoms. The van der Waals surface area contributed by atoms with Crippen molar-refractivity contribution in [3.63, 3.8) is 0 Å². The van der Waals surface area contributed by atoms with E-state index in [0.717, 1.165) is 46.0 Å². The average molecular weight is 384 g/mol. The molecule has 0 bridgehead atoms. The van der Waals surface area contributed by atoms with Gasteiger partial charge in [-0.05, 0) is 38.0 Å². The number of hydrogen-bond acceptors (Lipinski definition) is 5. The first-order valence-corrected chi connectivity index (χ1v) is 10.2. The van der Waals surface area contributed by atoms with E-state index in [9.17, 15) is 4.79 Å². The molecule has 142 valence electrons. The first-order chi connectivity index (χ1) is 12.9. The molecule has 0 spiro atoms. The number of aliphatic imine (C=N–C) groups is 1. The Kier molecular flexibility index (Phi) is 4.76. The molecular weight excluding hydrogens is 358 g/mol. The van der Waals surface area contributed by atoms with Crippen molar-refractivity contribution in [2.45, 2.75) is 44.5 Å². The zero-order chi connectivity index (χ0) is 19.1. The molecule has 6 heteroatoms. The SMILES string of the molecule is CC1=N[C@H]2c3c(oc(C(=O)NCc4ccc(N(C)C)cc4)c3C)CC[C@H]2S1. The van der Waals surface area contributed by atoms with E-state index in [1.54, 1.807) is 0 Å². The monoisotopic (exact) mass is 383 g/mol. The summed E-state index contributed by atoms with van der Waals surface area (Å²) in [5.41, 5.74) is 4.28. The quantitative estimate of drug-likeness (QED) is 0.863. The van der Waals surface area contributed by atoms with Gasteiger partial charge in [0.1, 0.15) is 5.76 Å². The van der Waals surface area contributed by atoms with Crippen molar-refractivity contribution in [2.24, 2.45) is 4.99 Å². The fraction of sp³-hybridized carbons (Fsp3) is 0.429. The fourth-order valence-corrected chi connectivity index (χ4v) is 5.06. The van der Waals surface area contributed by atoms with Gasteiger partial charge in [0.05, 0.1) is 11.1 Å². The number of carbonyl (C=O) groups is 1. The molecule has 4 rings (SSSR count). The second-order valence-corrected chi connectivity index (χ2v) is 8.86. The summed E-state index contributed by atoms with van der Waals surface area (Å²) in [5, 5.41) is 4.61. The van der Waals surface area contributed by atoms with Gasteiger partial charge < -0.3 is 14.6 Å². The van der Waals surface area contributed by atoms with Gasteiger partial charge in [-0.3, -0.25) is 9.79 Å². The Morgan fingerprint density at radius 2 is 2.04 bits per heavy atom. The Morgan fingerprint density at radius 3 is 2.74 bits per heavy atom. The lowest BCUT2D eigenvalue weighted by atomic mass is 9.90. The third kappa shape index (κ3) is 3.38. The molecule has 0 unspecified atom stereocenters. The summed E-state index contributed by atoms with van der Waals surface area (Å²) in [7, 11) is 4.02. The maximum Gasteiger partial charge on any atom is 0.287 e. The van der Waals surface area contributed by atoms with E-state index in [4.69, 9.17) is 9.41 Å². The molecule has 0 saturated carbocycles. The third-order valence-corrected chi connectivity index (χ3v) is 6.57. The summed E-state index contributed by atoms with van der Waals surface area (Å²) >= 11 is 1.85. The highest BCUT2D eigenvalue weighted by Gasteiger charge is 2.39. The summed E-state index contributed by atoms with van der Waals surface area (Å²) in [5.74, 6) is 1.23. The highest BCUT2D eigenvalue weighted by Crippen LogP contribution is 2.47. The zero-order valence-electron chi connectivity index (χ0n) is 16.2. The third-order valence-electron chi connectivity index (χ3n) is 5.33. The Bertz CT molecular complexity index is 899. The van der Waals surface area contributed by atoms with Crippen LogP contribution < -0.4 is 10.2 Å². The van der Waals surface area contributed by atoms with Gasteiger partial charge in [-0.1, -0.05) is 12.1 Å². The molecule has 2 atom stereocenters. The number of thioether (sulfide) groups is 1. The first-order valence-electron chi connectivity index (χ1n) is 9.31. The lowest BCUT2D eigenvalue weighted by Gasteiger charge is -2.22. The minimum atomic E-state index is -0.151. The Hall–Kier alpha value is -2.21. The summed E-state index contributed by atoms with van der Waals surface area (Å²) in [6, 6.07) is 8.32. The van der Waals surface area contributed by atoms with E-state index < -0.39 is 0 Å². The number of aryl methyl sites for hydroxylation is 1. The number of nitrogens with one attached hydrogen (secondary N) is 1. The van der Waals surface area contributed by atoms with E-state index in [2.05, 4.69) is 29.3 Å². The Morgan fingerprint density at radius 1 is 1.30 bits per heavy atom. The lowest BCUT2D eigenvalue weighted by Crippen LogP contribution is -2.23. The van der Waals surface area contributed by atoms with E-state index in [0.29, 0.717) is 17.6 Å². The highest BCUT2D eigenvalue weighted by molar-refractivity contribution is 8.14. The van der Waals surface area contributed by atoms with Crippen LogP contribution in [-0.2, 0) is 13.0 Å². The average Bonchev–Trinajstić information content (AvgIpc) is 3.19. The van der Waals surface area contributed by atoms with Gasteiger partial charge in [0.15, 0.2) is 5.76 Å². The smallest absolute Gasteiger partial charge is 0.287 e. The standard InChI is InChI=1S/C21H25N3O2S/c1-12-18-16(9-10-17-19(18)23-13(2)27-17)26-20(12)21(25)22-11-14-5-7-15(8-6-14)24(3)4/h5-8,17,19H,9-11H2,1-4H3,(H,22,25)/t17-,19-/m1/s1. The van der Waals surface area contributed by atoms with E-state index in [1.165, 1.54) is 0 Å². The van der Waals surface area contributed by atoms with Crippen LogP contribution in [0, 0.1) is 6.92 Å². The van der Waals surface area contributed by atoms with Crippen molar-refractivity contribution >= 4 is 28.4 Å². The topological polar surface area (TPSA) is 57.8 Å².